The first-order valence-electron chi connectivity index (χ1n) is 9.15. The fraction of sp³-hybridized carbons (Fsp3) is 0.350. The van der Waals surface area contributed by atoms with Crippen LogP contribution >= 0.6 is 11.6 Å². The molecule has 0 spiro atoms. The molecule has 7 nitrogen and oxygen atoms in total. The highest BCUT2D eigenvalue weighted by Crippen LogP contribution is 2.25. The highest BCUT2D eigenvalue weighted by atomic mass is 35.5. The van der Waals surface area contributed by atoms with Gasteiger partial charge in [-0.25, -0.2) is 0 Å². The van der Waals surface area contributed by atoms with Crippen LogP contribution in [-0.4, -0.2) is 29.2 Å². The van der Waals surface area contributed by atoms with Crippen molar-refractivity contribution >= 4 is 23.2 Å². The second-order valence-electron chi connectivity index (χ2n) is 6.79. The Morgan fingerprint density at radius 2 is 1.96 bits per heavy atom. The molecule has 0 aliphatic carbocycles. The maximum Gasteiger partial charge on any atom is 0.279 e. The molecule has 1 atom stereocenters. The Morgan fingerprint density at radius 1 is 1.18 bits per heavy atom. The van der Waals surface area contributed by atoms with Gasteiger partial charge in [-0.2, -0.15) is 0 Å². The van der Waals surface area contributed by atoms with Crippen LogP contribution in [0.4, 0.5) is 5.69 Å². The minimum atomic E-state index is -0.0942. The van der Waals surface area contributed by atoms with Gasteiger partial charge in [0.2, 0.25) is 0 Å². The molecule has 1 amide bonds. The Bertz CT molecular complexity index is 980. The smallest absolute Gasteiger partial charge is 0.279 e. The maximum atomic E-state index is 12.5. The van der Waals surface area contributed by atoms with Crippen molar-refractivity contribution in [3.05, 3.63) is 52.3 Å². The average molecular weight is 404 g/mol. The summed E-state index contributed by atoms with van der Waals surface area (Å²) in [6.45, 7) is 9.15. The van der Waals surface area contributed by atoms with Crippen LogP contribution in [0.5, 0.6) is 0 Å². The van der Waals surface area contributed by atoms with E-state index < -0.39 is 0 Å². The largest absolute Gasteiger partial charge is 0.466 e. The Kier molecular flexibility index (Phi) is 6.16. The SMILES string of the molecule is CC[NH+](CC(=O)Nc1cc(Cl)ccc1C)Cc1nnc(-c2cc(C)oc2C)o1. The highest BCUT2D eigenvalue weighted by Gasteiger charge is 2.20. The lowest BCUT2D eigenvalue weighted by molar-refractivity contribution is -0.905. The molecule has 148 valence electrons. The number of aromatic nitrogens is 2. The number of nitrogens with zero attached hydrogens (tertiary/aromatic N) is 2. The van der Waals surface area contributed by atoms with Crippen LogP contribution in [0.25, 0.3) is 11.5 Å². The first-order chi connectivity index (χ1) is 13.4. The third kappa shape index (κ3) is 4.79. The van der Waals surface area contributed by atoms with Gasteiger partial charge in [0.1, 0.15) is 11.5 Å². The number of furan rings is 1. The van der Waals surface area contributed by atoms with Crippen LogP contribution in [0, 0.1) is 20.8 Å². The number of amides is 1. The van der Waals surface area contributed by atoms with Crippen molar-refractivity contribution in [3.63, 3.8) is 0 Å². The lowest BCUT2D eigenvalue weighted by Gasteiger charge is -2.16. The summed E-state index contributed by atoms with van der Waals surface area (Å²) in [6, 6.07) is 7.30. The van der Waals surface area contributed by atoms with Gasteiger partial charge in [0.15, 0.2) is 13.1 Å². The van der Waals surface area contributed by atoms with Crippen molar-refractivity contribution in [1.82, 2.24) is 10.2 Å². The minimum absolute atomic E-state index is 0.0942. The van der Waals surface area contributed by atoms with E-state index in [0.717, 1.165) is 39.8 Å². The number of anilines is 1. The number of likely N-dealkylation sites (N-methyl/N-ethyl adjacent to an activating group) is 1. The number of halogens is 1. The van der Waals surface area contributed by atoms with Crippen molar-refractivity contribution in [2.24, 2.45) is 0 Å². The number of rotatable bonds is 7. The lowest BCUT2D eigenvalue weighted by Crippen LogP contribution is -3.11. The molecule has 0 bridgehead atoms. The number of benzene rings is 1. The number of aryl methyl sites for hydroxylation is 3. The first-order valence-corrected chi connectivity index (χ1v) is 9.53. The van der Waals surface area contributed by atoms with Crippen LogP contribution < -0.4 is 10.2 Å². The molecule has 8 heteroatoms. The van der Waals surface area contributed by atoms with Crippen LogP contribution in [0.3, 0.4) is 0 Å². The Labute approximate surface area is 168 Å². The van der Waals surface area contributed by atoms with Gasteiger partial charge in [0, 0.05) is 10.7 Å². The van der Waals surface area contributed by atoms with E-state index in [2.05, 4.69) is 15.5 Å². The molecule has 2 N–H and O–H groups in total. The molecule has 1 unspecified atom stereocenters. The van der Waals surface area contributed by atoms with Gasteiger partial charge in [-0.1, -0.05) is 17.7 Å². The van der Waals surface area contributed by atoms with E-state index in [-0.39, 0.29) is 12.5 Å². The van der Waals surface area contributed by atoms with Gasteiger partial charge < -0.3 is 19.1 Å². The van der Waals surface area contributed by atoms with E-state index in [1.54, 1.807) is 12.1 Å². The fourth-order valence-corrected chi connectivity index (χ4v) is 3.13. The molecule has 0 saturated carbocycles. The molecule has 3 aromatic rings. The highest BCUT2D eigenvalue weighted by molar-refractivity contribution is 6.31. The van der Waals surface area contributed by atoms with Gasteiger partial charge in [0.05, 0.1) is 12.1 Å². The Hall–Kier alpha value is -2.64. The van der Waals surface area contributed by atoms with Gasteiger partial charge in [-0.15, -0.1) is 10.2 Å². The number of hydrogen-bond donors (Lipinski definition) is 2. The zero-order valence-corrected chi connectivity index (χ0v) is 17.2. The van der Waals surface area contributed by atoms with Crippen molar-refractivity contribution in [3.8, 4) is 11.5 Å². The summed E-state index contributed by atoms with van der Waals surface area (Å²) in [4.78, 5) is 13.5. The Morgan fingerprint density at radius 3 is 2.64 bits per heavy atom. The van der Waals surface area contributed by atoms with E-state index in [4.69, 9.17) is 20.4 Å². The predicted molar refractivity (Wildman–Crippen MR) is 106 cm³/mol. The van der Waals surface area contributed by atoms with Crippen molar-refractivity contribution in [1.29, 1.82) is 0 Å². The Balaban J connectivity index is 1.63. The van der Waals surface area contributed by atoms with Gasteiger partial charge in [-0.05, 0) is 51.5 Å². The summed E-state index contributed by atoms with van der Waals surface area (Å²) >= 11 is 6.02. The molecule has 0 saturated heterocycles. The van der Waals surface area contributed by atoms with E-state index in [1.165, 1.54) is 0 Å². The third-order valence-corrected chi connectivity index (χ3v) is 4.76. The molecule has 1 aromatic carbocycles. The van der Waals surface area contributed by atoms with Crippen molar-refractivity contribution in [2.45, 2.75) is 34.2 Å². The first kappa shape index (κ1) is 20.1. The second kappa shape index (κ2) is 8.58. The molecule has 0 aliphatic rings. The van der Waals surface area contributed by atoms with Crippen molar-refractivity contribution < 1.29 is 18.5 Å². The quantitative estimate of drug-likeness (QED) is 0.633. The summed E-state index contributed by atoms with van der Waals surface area (Å²) in [7, 11) is 0. The number of quaternary nitrogens is 1. The molecule has 0 aliphatic heterocycles. The molecular weight excluding hydrogens is 380 g/mol. The molecular formula is C20H24ClN4O3+. The molecule has 0 fully saturated rings. The number of carbonyl (C=O) groups is 1. The standard InChI is InChI=1S/C20H23ClN4O3/c1-5-25(10-18(26)22-17-9-15(21)7-6-12(17)2)11-19-23-24-20(28-19)16-8-13(3)27-14(16)4/h6-9H,5,10-11H2,1-4H3,(H,22,26)/p+1. The van der Waals surface area contributed by atoms with Crippen LogP contribution in [0.15, 0.2) is 33.1 Å². The van der Waals surface area contributed by atoms with Gasteiger partial charge in [-0.3, -0.25) is 4.79 Å². The van der Waals surface area contributed by atoms with Crippen LogP contribution in [0.2, 0.25) is 5.02 Å². The summed E-state index contributed by atoms with van der Waals surface area (Å²) in [5.74, 6) is 2.35. The molecule has 2 heterocycles. The topological polar surface area (TPSA) is 85.6 Å². The van der Waals surface area contributed by atoms with Gasteiger partial charge >= 0.3 is 0 Å². The van der Waals surface area contributed by atoms with Gasteiger partial charge in [0.25, 0.3) is 17.7 Å². The maximum absolute atomic E-state index is 12.5. The van der Waals surface area contributed by atoms with Crippen LogP contribution in [-0.2, 0) is 11.3 Å². The molecule has 3 rings (SSSR count). The van der Waals surface area contributed by atoms with E-state index in [0.29, 0.717) is 23.3 Å². The van der Waals surface area contributed by atoms with E-state index in [1.807, 2.05) is 39.8 Å². The minimum Gasteiger partial charge on any atom is -0.466 e. The monoisotopic (exact) mass is 403 g/mol. The lowest BCUT2D eigenvalue weighted by atomic mass is 10.2. The normalized spacial score (nSPS) is 12.2. The summed E-state index contributed by atoms with van der Waals surface area (Å²) in [5, 5.41) is 11.7. The average Bonchev–Trinajstić information content (AvgIpc) is 3.23. The zero-order chi connectivity index (χ0) is 20.3. The fourth-order valence-electron chi connectivity index (χ4n) is 2.95. The summed E-state index contributed by atoms with van der Waals surface area (Å²) < 4.78 is 11.3. The molecule has 0 radical (unpaired) electrons. The molecule has 2 aromatic heterocycles. The zero-order valence-electron chi connectivity index (χ0n) is 16.4. The summed E-state index contributed by atoms with van der Waals surface area (Å²) in [6.07, 6.45) is 0. The van der Waals surface area contributed by atoms with E-state index in [9.17, 15) is 4.79 Å². The second-order valence-corrected chi connectivity index (χ2v) is 7.23. The number of hydrogen-bond acceptors (Lipinski definition) is 5. The van der Waals surface area contributed by atoms with Crippen molar-refractivity contribution in [2.75, 3.05) is 18.4 Å². The number of carbonyl (C=O) groups excluding carboxylic acids is 1. The summed E-state index contributed by atoms with van der Waals surface area (Å²) in [5.41, 5.74) is 2.48. The predicted octanol–water partition coefficient (Wildman–Crippen LogP) is 2.95. The molecule has 28 heavy (non-hydrogen) atoms. The third-order valence-electron chi connectivity index (χ3n) is 4.52. The van der Waals surface area contributed by atoms with Crippen LogP contribution in [0.1, 0.15) is 29.9 Å². The number of nitrogens with one attached hydrogen (secondary N) is 2. The van der Waals surface area contributed by atoms with E-state index >= 15 is 0 Å².